The van der Waals surface area contributed by atoms with Gasteiger partial charge in [-0.25, -0.2) is 9.37 Å². The first kappa shape index (κ1) is 13.2. The largest absolute Gasteiger partial charge is 0.330 e. The normalized spacial score (nSPS) is 11.8. The zero-order valence-electron chi connectivity index (χ0n) is 10.6. The third-order valence-electron chi connectivity index (χ3n) is 2.85. The zero-order valence-corrected chi connectivity index (χ0v) is 11.4. The molecule has 0 saturated heterocycles. The number of hydrogen-bond donors (Lipinski definition) is 1. The maximum absolute atomic E-state index is 13.1. The molecule has 0 radical (unpaired) electrons. The molecule has 0 saturated carbocycles. The van der Waals surface area contributed by atoms with Crippen LogP contribution in [0.3, 0.4) is 0 Å². The minimum atomic E-state index is -0.232. The summed E-state index contributed by atoms with van der Waals surface area (Å²) in [5, 5.41) is 3.01. The number of nitrogens with zero attached hydrogens (tertiary/aromatic N) is 1. The van der Waals surface area contributed by atoms with Gasteiger partial charge in [-0.05, 0) is 24.1 Å². The van der Waals surface area contributed by atoms with Gasteiger partial charge in [0.05, 0.1) is 10.7 Å². The van der Waals surface area contributed by atoms with E-state index >= 15 is 0 Å². The fourth-order valence-corrected chi connectivity index (χ4v) is 2.72. The van der Waals surface area contributed by atoms with E-state index in [-0.39, 0.29) is 11.2 Å². The third kappa shape index (κ3) is 3.15. The standard InChI is InChI=1S/C14H17FN2S/c1-14(2,9-16)7-13-17-12(8-18-13)10-4-3-5-11(15)6-10/h3-6,8H,7,9,16H2,1-2H3. The average molecular weight is 264 g/mol. The second-order valence-electron chi connectivity index (χ2n) is 5.18. The van der Waals surface area contributed by atoms with E-state index < -0.39 is 0 Å². The van der Waals surface area contributed by atoms with Crippen molar-refractivity contribution < 1.29 is 4.39 Å². The third-order valence-corrected chi connectivity index (χ3v) is 3.70. The molecular weight excluding hydrogens is 247 g/mol. The Morgan fingerprint density at radius 1 is 1.39 bits per heavy atom. The lowest BCUT2D eigenvalue weighted by Gasteiger charge is -2.20. The molecule has 96 valence electrons. The number of nitrogens with two attached hydrogens (primary N) is 1. The Bertz CT molecular complexity index is 534. The van der Waals surface area contributed by atoms with E-state index in [1.165, 1.54) is 12.1 Å². The van der Waals surface area contributed by atoms with Gasteiger partial charge in [-0.3, -0.25) is 0 Å². The predicted molar refractivity (Wildman–Crippen MR) is 74.0 cm³/mol. The molecule has 2 rings (SSSR count). The summed E-state index contributed by atoms with van der Waals surface area (Å²) in [7, 11) is 0. The number of halogens is 1. The van der Waals surface area contributed by atoms with Crippen LogP contribution in [0.1, 0.15) is 18.9 Å². The van der Waals surface area contributed by atoms with Crippen molar-refractivity contribution in [2.24, 2.45) is 11.1 Å². The van der Waals surface area contributed by atoms with Crippen molar-refractivity contribution in [3.63, 3.8) is 0 Å². The highest BCUT2D eigenvalue weighted by atomic mass is 32.1. The molecular formula is C14H17FN2S. The Hall–Kier alpha value is -1.26. The van der Waals surface area contributed by atoms with Gasteiger partial charge < -0.3 is 5.73 Å². The van der Waals surface area contributed by atoms with Crippen LogP contribution in [0.2, 0.25) is 0 Å². The van der Waals surface area contributed by atoms with Crippen molar-refractivity contribution in [3.8, 4) is 11.3 Å². The van der Waals surface area contributed by atoms with E-state index in [4.69, 9.17) is 5.73 Å². The minimum Gasteiger partial charge on any atom is -0.330 e. The van der Waals surface area contributed by atoms with E-state index in [9.17, 15) is 4.39 Å². The first-order valence-corrected chi connectivity index (χ1v) is 6.78. The molecule has 1 aromatic carbocycles. The molecule has 2 nitrogen and oxygen atoms in total. The highest BCUT2D eigenvalue weighted by molar-refractivity contribution is 7.09. The molecule has 2 aromatic rings. The van der Waals surface area contributed by atoms with Gasteiger partial charge in [-0.2, -0.15) is 0 Å². The molecule has 0 amide bonds. The molecule has 0 bridgehead atoms. The van der Waals surface area contributed by atoms with Gasteiger partial charge in [-0.1, -0.05) is 26.0 Å². The number of benzene rings is 1. The second-order valence-corrected chi connectivity index (χ2v) is 6.12. The van der Waals surface area contributed by atoms with E-state index in [1.807, 2.05) is 11.4 Å². The van der Waals surface area contributed by atoms with Crippen molar-refractivity contribution in [3.05, 3.63) is 40.5 Å². The second kappa shape index (κ2) is 5.16. The van der Waals surface area contributed by atoms with Crippen molar-refractivity contribution >= 4 is 11.3 Å². The van der Waals surface area contributed by atoms with Crippen LogP contribution in [0.4, 0.5) is 4.39 Å². The molecule has 0 atom stereocenters. The SMILES string of the molecule is CC(C)(CN)Cc1nc(-c2cccc(F)c2)cs1. The van der Waals surface area contributed by atoms with Crippen LogP contribution in [0, 0.1) is 11.2 Å². The summed E-state index contributed by atoms with van der Waals surface area (Å²) in [6.07, 6.45) is 0.851. The summed E-state index contributed by atoms with van der Waals surface area (Å²) in [6, 6.07) is 6.52. The Morgan fingerprint density at radius 2 is 2.17 bits per heavy atom. The van der Waals surface area contributed by atoms with Crippen LogP contribution in [0.5, 0.6) is 0 Å². The molecule has 0 spiro atoms. The van der Waals surface area contributed by atoms with Gasteiger partial charge in [0, 0.05) is 17.4 Å². The summed E-state index contributed by atoms with van der Waals surface area (Å²) in [4.78, 5) is 4.55. The van der Waals surface area contributed by atoms with E-state index in [0.717, 1.165) is 22.7 Å². The quantitative estimate of drug-likeness (QED) is 0.918. The van der Waals surface area contributed by atoms with Gasteiger partial charge in [-0.15, -0.1) is 11.3 Å². The first-order valence-electron chi connectivity index (χ1n) is 5.90. The number of aromatic nitrogens is 1. The van der Waals surface area contributed by atoms with Gasteiger partial charge in [0.25, 0.3) is 0 Å². The Balaban J connectivity index is 2.21. The Morgan fingerprint density at radius 3 is 2.83 bits per heavy atom. The lowest BCUT2D eigenvalue weighted by molar-refractivity contribution is 0.376. The van der Waals surface area contributed by atoms with Crippen LogP contribution in [0.25, 0.3) is 11.3 Å². The number of thiazole rings is 1. The van der Waals surface area contributed by atoms with Crippen LogP contribution < -0.4 is 5.73 Å². The summed E-state index contributed by atoms with van der Waals surface area (Å²) in [5.74, 6) is -0.232. The fraction of sp³-hybridized carbons (Fsp3) is 0.357. The maximum atomic E-state index is 13.1. The molecule has 1 aromatic heterocycles. The molecule has 0 aliphatic rings. The van der Waals surface area contributed by atoms with Gasteiger partial charge in [0.15, 0.2) is 0 Å². The molecule has 2 N–H and O–H groups in total. The van der Waals surface area contributed by atoms with E-state index in [0.29, 0.717) is 6.54 Å². The van der Waals surface area contributed by atoms with Crippen molar-refractivity contribution in [1.29, 1.82) is 0 Å². The first-order chi connectivity index (χ1) is 8.50. The van der Waals surface area contributed by atoms with Crippen LogP contribution >= 0.6 is 11.3 Å². The monoisotopic (exact) mass is 264 g/mol. The summed E-state index contributed by atoms with van der Waals surface area (Å²) in [5.41, 5.74) is 7.43. The lowest BCUT2D eigenvalue weighted by atomic mass is 9.90. The highest BCUT2D eigenvalue weighted by Crippen LogP contribution is 2.27. The number of rotatable bonds is 4. The molecule has 18 heavy (non-hydrogen) atoms. The lowest BCUT2D eigenvalue weighted by Crippen LogP contribution is -2.25. The van der Waals surface area contributed by atoms with Crippen molar-refractivity contribution in [2.75, 3.05) is 6.54 Å². The molecule has 0 aliphatic carbocycles. The van der Waals surface area contributed by atoms with Crippen LogP contribution in [-0.4, -0.2) is 11.5 Å². The van der Waals surface area contributed by atoms with Gasteiger partial charge in [0.2, 0.25) is 0 Å². The molecule has 4 heteroatoms. The smallest absolute Gasteiger partial charge is 0.123 e. The number of hydrogen-bond acceptors (Lipinski definition) is 3. The molecule has 0 aliphatic heterocycles. The van der Waals surface area contributed by atoms with Gasteiger partial charge >= 0.3 is 0 Å². The van der Waals surface area contributed by atoms with Crippen LogP contribution in [0.15, 0.2) is 29.6 Å². The van der Waals surface area contributed by atoms with E-state index in [2.05, 4.69) is 18.8 Å². The van der Waals surface area contributed by atoms with Gasteiger partial charge in [0.1, 0.15) is 5.82 Å². The van der Waals surface area contributed by atoms with E-state index in [1.54, 1.807) is 17.4 Å². The Labute approximate surface area is 111 Å². The topological polar surface area (TPSA) is 38.9 Å². The molecule has 0 fully saturated rings. The Kier molecular flexibility index (Phi) is 3.78. The maximum Gasteiger partial charge on any atom is 0.123 e. The van der Waals surface area contributed by atoms with Crippen molar-refractivity contribution in [1.82, 2.24) is 4.98 Å². The molecule has 0 unspecified atom stereocenters. The van der Waals surface area contributed by atoms with Crippen LogP contribution in [-0.2, 0) is 6.42 Å². The summed E-state index contributed by atoms with van der Waals surface area (Å²) in [6.45, 7) is 4.87. The average Bonchev–Trinajstić information content (AvgIpc) is 2.77. The molecule has 1 heterocycles. The minimum absolute atomic E-state index is 0.0526. The summed E-state index contributed by atoms with van der Waals surface area (Å²) < 4.78 is 13.1. The predicted octanol–water partition coefficient (Wildman–Crippen LogP) is 3.48. The highest BCUT2D eigenvalue weighted by Gasteiger charge is 2.18. The summed E-state index contributed by atoms with van der Waals surface area (Å²) >= 11 is 1.60. The van der Waals surface area contributed by atoms with Crippen molar-refractivity contribution in [2.45, 2.75) is 20.3 Å². The zero-order chi connectivity index (χ0) is 13.2. The fourth-order valence-electron chi connectivity index (χ4n) is 1.65.